The number of halogens is 3. The van der Waals surface area contributed by atoms with Gasteiger partial charge in [-0.2, -0.15) is 0 Å². The Morgan fingerprint density at radius 1 is 1.05 bits per heavy atom. The minimum atomic E-state index is -0.141. The maximum absolute atomic E-state index is 12.0. The van der Waals surface area contributed by atoms with E-state index in [-0.39, 0.29) is 21.6 Å². The van der Waals surface area contributed by atoms with Gasteiger partial charge in [0.1, 0.15) is 10.8 Å². The predicted octanol–water partition coefficient (Wildman–Crippen LogP) is 5.36. The third kappa shape index (κ3) is 3.42. The van der Waals surface area contributed by atoms with Gasteiger partial charge >= 0.3 is 0 Å². The number of hydrogen-bond acceptors (Lipinski definition) is 2. The number of aromatic hydroxyl groups is 1. The molecule has 0 saturated heterocycles. The summed E-state index contributed by atoms with van der Waals surface area (Å²) < 4.78 is 0.909. The van der Waals surface area contributed by atoms with Crippen molar-refractivity contribution < 1.29 is 9.90 Å². The van der Waals surface area contributed by atoms with Crippen LogP contribution >= 0.6 is 39.1 Å². The van der Waals surface area contributed by atoms with Crippen LogP contribution in [0, 0.1) is 0 Å². The lowest BCUT2D eigenvalue weighted by molar-refractivity contribution is 0.104. The molecule has 0 amide bonds. The summed E-state index contributed by atoms with van der Waals surface area (Å²) in [7, 11) is 0. The number of phenolic OH excluding ortho intramolecular Hbond substituents is 1. The van der Waals surface area contributed by atoms with Crippen LogP contribution in [0.1, 0.15) is 15.9 Å². The number of allylic oxidation sites excluding steroid dienone is 1. The normalized spacial score (nSPS) is 10.9. The van der Waals surface area contributed by atoms with Crippen LogP contribution in [0.15, 0.2) is 46.9 Å². The van der Waals surface area contributed by atoms with E-state index in [1.165, 1.54) is 12.1 Å². The van der Waals surface area contributed by atoms with E-state index < -0.39 is 0 Å². The minimum absolute atomic E-state index is 0.0740. The van der Waals surface area contributed by atoms with Crippen LogP contribution in [0.25, 0.3) is 6.08 Å². The van der Waals surface area contributed by atoms with Crippen molar-refractivity contribution in [1.82, 2.24) is 0 Å². The standard InChI is InChI=1S/C15H9BrCl2O2/c16-11-5-1-9(2-6-11)12(19)7-3-10-4-8-13(20)15(18)14(10)17/h1-8,20H. The third-order valence-electron chi connectivity index (χ3n) is 2.63. The van der Waals surface area contributed by atoms with Crippen LogP contribution in [0.4, 0.5) is 0 Å². The SMILES string of the molecule is O=C(C=Cc1ccc(O)c(Cl)c1Cl)c1ccc(Br)cc1. The number of benzene rings is 2. The largest absolute Gasteiger partial charge is 0.506 e. The molecule has 2 nitrogen and oxygen atoms in total. The summed E-state index contributed by atoms with van der Waals surface area (Å²) in [6, 6.07) is 10.1. The minimum Gasteiger partial charge on any atom is -0.506 e. The van der Waals surface area contributed by atoms with E-state index >= 15 is 0 Å². The first-order valence-electron chi connectivity index (χ1n) is 5.64. The van der Waals surface area contributed by atoms with Crippen molar-refractivity contribution in [3.63, 3.8) is 0 Å². The highest BCUT2D eigenvalue weighted by molar-refractivity contribution is 9.10. The molecule has 5 heteroatoms. The fraction of sp³-hybridized carbons (Fsp3) is 0. The third-order valence-corrected chi connectivity index (χ3v) is 4.05. The summed E-state index contributed by atoms with van der Waals surface area (Å²) in [5, 5.41) is 9.68. The van der Waals surface area contributed by atoms with Gasteiger partial charge in [-0.1, -0.05) is 39.1 Å². The average Bonchev–Trinajstić information content (AvgIpc) is 2.44. The summed E-state index contributed by atoms with van der Waals surface area (Å²) in [6.45, 7) is 0. The molecule has 0 atom stereocenters. The van der Waals surface area contributed by atoms with E-state index in [0.717, 1.165) is 4.47 Å². The van der Waals surface area contributed by atoms with Crippen molar-refractivity contribution in [3.8, 4) is 5.75 Å². The summed E-state index contributed by atoms with van der Waals surface area (Å²) in [5.74, 6) is -0.231. The van der Waals surface area contributed by atoms with Gasteiger partial charge in [0.25, 0.3) is 0 Å². The van der Waals surface area contributed by atoms with Crippen LogP contribution in [0.5, 0.6) is 5.75 Å². The molecule has 102 valence electrons. The Balaban J connectivity index is 2.23. The molecule has 0 fully saturated rings. The molecule has 0 unspecified atom stereocenters. The van der Waals surface area contributed by atoms with Gasteiger partial charge in [-0.15, -0.1) is 0 Å². The van der Waals surface area contributed by atoms with Crippen molar-refractivity contribution in [2.24, 2.45) is 0 Å². The highest BCUT2D eigenvalue weighted by Crippen LogP contribution is 2.34. The second-order valence-corrected chi connectivity index (χ2v) is 5.68. The number of carbonyl (C=O) groups is 1. The molecule has 2 aromatic carbocycles. The van der Waals surface area contributed by atoms with Crippen molar-refractivity contribution in [2.75, 3.05) is 0 Å². The molecule has 20 heavy (non-hydrogen) atoms. The second kappa shape index (κ2) is 6.44. The Kier molecular flexibility index (Phi) is 4.86. The first kappa shape index (κ1) is 15.1. The Bertz CT molecular complexity index is 679. The van der Waals surface area contributed by atoms with Gasteiger partial charge in [0.15, 0.2) is 5.78 Å². The molecule has 0 aromatic heterocycles. The number of rotatable bonds is 3. The summed E-state index contributed by atoms with van der Waals surface area (Å²) in [4.78, 5) is 12.0. The van der Waals surface area contributed by atoms with Crippen LogP contribution in [-0.2, 0) is 0 Å². The van der Waals surface area contributed by atoms with E-state index in [1.807, 2.05) is 0 Å². The van der Waals surface area contributed by atoms with E-state index in [1.54, 1.807) is 36.4 Å². The van der Waals surface area contributed by atoms with Gasteiger partial charge in [0.2, 0.25) is 0 Å². The van der Waals surface area contributed by atoms with E-state index in [4.69, 9.17) is 23.2 Å². The molecule has 0 heterocycles. The van der Waals surface area contributed by atoms with Crippen molar-refractivity contribution >= 4 is 51.0 Å². The van der Waals surface area contributed by atoms with Crippen molar-refractivity contribution in [2.45, 2.75) is 0 Å². The first-order valence-corrected chi connectivity index (χ1v) is 7.19. The van der Waals surface area contributed by atoms with E-state index in [9.17, 15) is 9.90 Å². The van der Waals surface area contributed by atoms with Gasteiger partial charge in [-0.3, -0.25) is 4.79 Å². The van der Waals surface area contributed by atoms with Crippen LogP contribution in [-0.4, -0.2) is 10.9 Å². The lowest BCUT2D eigenvalue weighted by Gasteiger charge is -2.03. The first-order chi connectivity index (χ1) is 9.49. The van der Waals surface area contributed by atoms with Crippen molar-refractivity contribution in [1.29, 1.82) is 0 Å². The zero-order chi connectivity index (χ0) is 14.7. The molecular formula is C15H9BrCl2O2. The number of ketones is 1. The fourth-order valence-corrected chi connectivity index (χ4v) is 2.22. The highest BCUT2D eigenvalue weighted by Gasteiger charge is 2.08. The highest BCUT2D eigenvalue weighted by atomic mass is 79.9. The molecule has 0 aliphatic heterocycles. The number of phenols is 1. The number of hydrogen-bond donors (Lipinski definition) is 1. The molecule has 0 saturated carbocycles. The summed E-state index contributed by atoms with van der Waals surface area (Å²) in [6.07, 6.45) is 2.98. The maximum atomic E-state index is 12.0. The Morgan fingerprint density at radius 3 is 2.35 bits per heavy atom. The van der Waals surface area contributed by atoms with Gasteiger partial charge in [0, 0.05) is 10.0 Å². The molecule has 0 spiro atoms. The Hall–Kier alpha value is -1.29. The molecule has 0 radical (unpaired) electrons. The van der Waals surface area contributed by atoms with Crippen molar-refractivity contribution in [3.05, 3.63) is 68.1 Å². The second-order valence-electron chi connectivity index (χ2n) is 4.01. The molecule has 0 aliphatic rings. The molecule has 0 aliphatic carbocycles. The van der Waals surface area contributed by atoms with Crippen LogP contribution < -0.4 is 0 Å². The Labute approximate surface area is 134 Å². The Morgan fingerprint density at radius 2 is 1.70 bits per heavy atom. The lowest BCUT2D eigenvalue weighted by atomic mass is 10.1. The monoisotopic (exact) mass is 370 g/mol. The predicted molar refractivity (Wildman–Crippen MR) is 85.6 cm³/mol. The average molecular weight is 372 g/mol. The maximum Gasteiger partial charge on any atom is 0.185 e. The zero-order valence-electron chi connectivity index (χ0n) is 10.1. The fourth-order valence-electron chi connectivity index (χ4n) is 1.56. The smallest absolute Gasteiger partial charge is 0.185 e. The summed E-state index contributed by atoms with van der Waals surface area (Å²) >= 11 is 15.1. The van der Waals surface area contributed by atoms with Gasteiger partial charge in [0.05, 0.1) is 5.02 Å². The molecule has 1 N–H and O–H groups in total. The topological polar surface area (TPSA) is 37.3 Å². The molecule has 0 bridgehead atoms. The van der Waals surface area contributed by atoms with Gasteiger partial charge in [-0.05, 0) is 54.1 Å². The quantitative estimate of drug-likeness (QED) is 0.582. The number of carbonyl (C=O) groups excluding carboxylic acids is 1. The summed E-state index contributed by atoms with van der Waals surface area (Å²) in [5.41, 5.74) is 1.14. The lowest BCUT2D eigenvalue weighted by Crippen LogP contribution is -1.93. The van der Waals surface area contributed by atoms with Gasteiger partial charge in [-0.25, -0.2) is 0 Å². The molecular weight excluding hydrogens is 363 g/mol. The molecule has 2 rings (SSSR count). The van der Waals surface area contributed by atoms with E-state index in [2.05, 4.69) is 15.9 Å². The molecule has 2 aromatic rings. The zero-order valence-corrected chi connectivity index (χ0v) is 13.2. The van der Waals surface area contributed by atoms with Crippen LogP contribution in [0.3, 0.4) is 0 Å². The van der Waals surface area contributed by atoms with Crippen LogP contribution in [0.2, 0.25) is 10.0 Å². The van der Waals surface area contributed by atoms with Gasteiger partial charge < -0.3 is 5.11 Å². The van der Waals surface area contributed by atoms with E-state index in [0.29, 0.717) is 11.1 Å².